The number of rotatable bonds is 5. The number of piperazine rings is 1. The van der Waals surface area contributed by atoms with Gasteiger partial charge < -0.3 is 9.80 Å². The minimum absolute atomic E-state index is 0.224. The normalized spacial score (nSPS) is 22.7. The van der Waals surface area contributed by atoms with E-state index >= 15 is 0 Å². The van der Waals surface area contributed by atoms with E-state index in [0.717, 1.165) is 30.4 Å². The van der Waals surface area contributed by atoms with E-state index < -0.39 is 5.91 Å². The van der Waals surface area contributed by atoms with Crippen LogP contribution in [0.1, 0.15) is 13.3 Å². The van der Waals surface area contributed by atoms with Crippen LogP contribution >= 0.6 is 11.6 Å². The monoisotopic (exact) mass is 360 g/mol. The Morgan fingerprint density at radius 2 is 2.12 bits per heavy atom. The van der Waals surface area contributed by atoms with E-state index in [-0.39, 0.29) is 5.57 Å². The van der Waals surface area contributed by atoms with Crippen molar-refractivity contribution < 1.29 is 10.0 Å². The van der Waals surface area contributed by atoms with Crippen LogP contribution in [-0.4, -0.2) is 47.0 Å². The SMILES string of the molecule is C=C/C(=C\N=C(CC)N1CC2C1CN2c1ccc(Cl)cc1)C(=O)NO. The summed E-state index contributed by atoms with van der Waals surface area (Å²) in [6, 6.07) is 8.84. The van der Waals surface area contributed by atoms with E-state index in [1.165, 1.54) is 18.0 Å². The van der Waals surface area contributed by atoms with E-state index in [9.17, 15) is 4.79 Å². The lowest BCUT2D eigenvalue weighted by Crippen LogP contribution is -2.80. The number of amides is 1. The van der Waals surface area contributed by atoms with E-state index in [4.69, 9.17) is 16.8 Å². The van der Waals surface area contributed by atoms with Crippen LogP contribution in [0.5, 0.6) is 0 Å². The standard InChI is InChI=1S/C18H21ClN4O2/c1-3-12(18(24)21-25)9-20-17(4-2)23-11-15-16(23)10-22(15)14-7-5-13(19)6-8-14/h3,5-9,15-16,25H,1,4,10-11H2,2H3,(H,21,24)/b12-9+,20-17?. The average molecular weight is 361 g/mol. The summed E-state index contributed by atoms with van der Waals surface area (Å²) in [6.45, 7) is 7.45. The maximum Gasteiger partial charge on any atom is 0.276 e. The third kappa shape index (κ3) is 3.27. The Morgan fingerprint density at radius 1 is 1.40 bits per heavy atom. The molecule has 132 valence electrons. The van der Waals surface area contributed by atoms with Crippen LogP contribution in [0.4, 0.5) is 5.69 Å². The van der Waals surface area contributed by atoms with Gasteiger partial charge in [0.15, 0.2) is 0 Å². The largest absolute Gasteiger partial charge is 0.362 e. The zero-order valence-electron chi connectivity index (χ0n) is 14.0. The third-order valence-electron chi connectivity index (χ3n) is 4.75. The van der Waals surface area contributed by atoms with E-state index in [1.54, 1.807) is 5.48 Å². The topological polar surface area (TPSA) is 68.2 Å². The van der Waals surface area contributed by atoms with Crippen LogP contribution in [0.2, 0.25) is 5.02 Å². The fourth-order valence-corrected chi connectivity index (χ4v) is 3.39. The Bertz CT molecular complexity index is 729. The molecule has 2 unspecified atom stereocenters. The maximum atomic E-state index is 11.4. The molecule has 2 heterocycles. The molecule has 7 heteroatoms. The number of likely N-dealkylation sites (tertiary alicyclic amines) is 1. The van der Waals surface area contributed by atoms with Gasteiger partial charge in [-0.25, -0.2) is 10.5 Å². The molecular weight excluding hydrogens is 340 g/mol. The van der Waals surface area contributed by atoms with Gasteiger partial charge in [0.25, 0.3) is 5.91 Å². The van der Waals surface area contributed by atoms with Crippen molar-refractivity contribution in [2.75, 3.05) is 18.0 Å². The van der Waals surface area contributed by atoms with Crippen molar-refractivity contribution in [1.29, 1.82) is 0 Å². The Balaban J connectivity index is 1.65. The number of carbonyl (C=O) groups excluding carboxylic acids is 1. The molecule has 0 radical (unpaired) electrons. The van der Waals surface area contributed by atoms with Crippen molar-refractivity contribution in [3.05, 3.63) is 53.7 Å². The van der Waals surface area contributed by atoms with Gasteiger partial charge in [0.2, 0.25) is 0 Å². The molecule has 2 N–H and O–H groups in total. The molecule has 0 aliphatic carbocycles. The molecule has 0 spiro atoms. The van der Waals surface area contributed by atoms with Crippen LogP contribution in [0, 0.1) is 0 Å². The van der Waals surface area contributed by atoms with Gasteiger partial charge in [0.1, 0.15) is 5.84 Å². The van der Waals surface area contributed by atoms with Crippen molar-refractivity contribution in [3.8, 4) is 0 Å². The van der Waals surface area contributed by atoms with Crippen LogP contribution in [-0.2, 0) is 4.79 Å². The first-order valence-corrected chi connectivity index (χ1v) is 8.59. The molecule has 0 saturated carbocycles. The molecule has 1 aromatic rings. The molecule has 2 aliphatic heterocycles. The second-order valence-electron chi connectivity index (χ2n) is 6.04. The average Bonchev–Trinajstić information content (AvgIpc) is 2.62. The Hall–Kier alpha value is -2.31. The highest BCUT2D eigenvalue weighted by Gasteiger charge is 2.52. The van der Waals surface area contributed by atoms with Crippen LogP contribution < -0.4 is 10.4 Å². The summed E-state index contributed by atoms with van der Waals surface area (Å²) in [7, 11) is 0. The van der Waals surface area contributed by atoms with Crippen LogP contribution in [0.3, 0.4) is 0 Å². The van der Waals surface area contributed by atoms with Gasteiger partial charge in [-0.15, -0.1) is 0 Å². The van der Waals surface area contributed by atoms with Crippen LogP contribution in [0.25, 0.3) is 0 Å². The molecule has 6 nitrogen and oxygen atoms in total. The highest BCUT2D eigenvalue weighted by atomic mass is 35.5. The molecule has 2 atom stereocenters. The minimum Gasteiger partial charge on any atom is -0.362 e. The van der Waals surface area contributed by atoms with Crippen LogP contribution in [0.15, 0.2) is 53.7 Å². The number of halogens is 1. The molecule has 25 heavy (non-hydrogen) atoms. The molecular formula is C18H21ClN4O2. The summed E-state index contributed by atoms with van der Waals surface area (Å²) in [5, 5.41) is 9.45. The van der Waals surface area contributed by atoms with Gasteiger partial charge >= 0.3 is 0 Å². The van der Waals surface area contributed by atoms with Gasteiger partial charge in [-0.2, -0.15) is 0 Å². The number of amidine groups is 1. The van der Waals surface area contributed by atoms with E-state index in [1.807, 2.05) is 31.2 Å². The highest BCUT2D eigenvalue weighted by Crippen LogP contribution is 2.38. The van der Waals surface area contributed by atoms with E-state index in [2.05, 4.69) is 21.4 Å². The number of hydroxylamine groups is 1. The van der Waals surface area contributed by atoms with Gasteiger partial charge in [-0.3, -0.25) is 10.0 Å². The molecule has 2 aliphatic rings. The van der Waals surface area contributed by atoms with Gasteiger partial charge in [-0.1, -0.05) is 31.2 Å². The summed E-state index contributed by atoms with van der Waals surface area (Å²) in [5.74, 6) is 0.315. The van der Waals surface area contributed by atoms with Crippen molar-refractivity contribution in [3.63, 3.8) is 0 Å². The quantitative estimate of drug-likeness (QED) is 0.211. The molecule has 3 rings (SSSR count). The molecule has 2 saturated heterocycles. The maximum absolute atomic E-state index is 11.4. The first-order chi connectivity index (χ1) is 12.1. The Kier molecular flexibility index (Phi) is 5.11. The number of nitrogens with one attached hydrogen (secondary N) is 1. The zero-order valence-corrected chi connectivity index (χ0v) is 14.8. The summed E-state index contributed by atoms with van der Waals surface area (Å²) in [4.78, 5) is 20.5. The van der Waals surface area contributed by atoms with Gasteiger partial charge in [0, 0.05) is 36.4 Å². The summed E-state index contributed by atoms with van der Waals surface area (Å²) >= 11 is 5.95. The second kappa shape index (κ2) is 7.29. The van der Waals surface area contributed by atoms with Crippen molar-refractivity contribution >= 4 is 29.0 Å². The first kappa shape index (κ1) is 17.5. The predicted octanol–water partition coefficient (Wildman–Crippen LogP) is 2.60. The lowest BCUT2D eigenvalue weighted by atomic mass is 9.84. The molecule has 2 fully saturated rings. The number of aliphatic imine (C=N–C) groups is 1. The van der Waals surface area contributed by atoms with Crippen molar-refractivity contribution in [2.24, 2.45) is 4.99 Å². The highest BCUT2D eigenvalue weighted by molar-refractivity contribution is 6.30. The lowest BCUT2D eigenvalue weighted by molar-refractivity contribution is -0.124. The molecule has 1 aromatic carbocycles. The van der Waals surface area contributed by atoms with Gasteiger partial charge in [0.05, 0.1) is 17.7 Å². The molecule has 0 bridgehead atoms. The number of benzene rings is 1. The molecule has 0 aromatic heterocycles. The number of anilines is 1. The van der Waals surface area contributed by atoms with Crippen molar-refractivity contribution in [2.45, 2.75) is 25.4 Å². The van der Waals surface area contributed by atoms with Crippen molar-refractivity contribution in [1.82, 2.24) is 10.4 Å². The van der Waals surface area contributed by atoms with Gasteiger partial charge in [-0.05, 0) is 24.3 Å². The van der Waals surface area contributed by atoms with E-state index in [0.29, 0.717) is 12.1 Å². The number of carbonyl (C=O) groups is 1. The predicted molar refractivity (Wildman–Crippen MR) is 99.0 cm³/mol. The first-order valence-electron chi connectivity index (χ1n) is 8.21. The zero-order chi connectivity index (χ0) is 18.0. The fraction of sp³-hybridized carbons (Fsp3) is 0.333. The summed E-state index contributed by atoms with van der Waals surface area (Å²) < 4.78 is 0. The second-order valence-corrected chi connectivity index (χ2v) is 6.48. The Morgan fingerprint density at radius 3 is 2.64 bits per heavy atom. The number of hydrogen-bond donors (Lipinski definition) is 2. The Labute approximate surface area is 152 Å². The smallest absolute Gasteiger partial charge is 0.276 e. The lowest BCUT2D eigenvalue weighted by Gasteiger charge is -2.63. The third-order valence-corrected chi connectivity index (χ3v) is 5.01. The number of fused-ring (bicyclic) bond motifs is 1. The summed E-state index contributed by atoms with van der Waals surface area (Å²) in [5.41, 5.74) is 3.01. The number of nitrogens with zero attached hydrogens (tertiary/aromatic N) is 3. The summed E-state index contributed by atoms with van der Waals surface area (Å²) in [6.07, 6.45) is 3.58. The fourth-order valence-electron chi connectivity index (χ4n) is 3.26. The minimum atomic E-state index is -0.617. The number of hydrogen-bond acceptors (Lipinski definition) is 4. The molecule has 1 amide bonds.